The number of alkyl carbamates (subject to hydrolysis) is 1. The maximum absolute atomic E-state index is 12.1. The predicted octanol–water partition coefficient (Wildman–Crippen LogP) is 2.49. The van der Waals surface area contributed by atoms with Crippen molar-refractivity contribution in [2.75, 3.05) is 18.5 Å². The van der Waals surface area contributed by atoms with E-state index in [9.17, 15) is 19.5 Å². The highest BCUT2D eigenvalue weighted by molar-refractivity contribution is 9.09. The number of carbonyl (C=O) groups excluding carboxylic acids is 2. The van der Waals surface area contributed by atoms with Gasteiger partial charge >= 0.3 is 12.1 Å². The van der Waals surface area contributed by atoms with Crippen LogP contribution < -0.4 is 10.6 Å². The van der Waals surface area contributed by atoms with Gasteiger partial charge in [0.1, 0.15) is 12.6 Å². The number of aliphatic carboxylic acids is 1. The molecule has 0 fully saturated rings. The van der Waals surface area contributed by atoms with Crippen LogP contribution in [0.5, 0.6) is 0 Å². The molecule has 0 spiro atoms. The Kier molecular flexibility index (Phi) is 6.30. The van der Waals surface area contributed by atoms with E-state index in [-0.39, 0.29) is 30.3 Å². The third-order valence-corrected chi connectivity index (χ3v) is 5.07. The summed E-state index contributed by atoms with van der Waals surface area (Å²) in [5.41, 5.74) is 4.34. The summed E-state index contributed by atoms with van der Waals surface area (Å²) in [5.74, 6) is -1.75. The third-order valence-electron chi connectivity index (χ3n) is 4.56. The van der Waals surface area contributed by atoms with Crippen LogP contribution in [0.3, 0.4) is 0 Å². The van der Waals surface area contributed by atoms with Crippen molar-refractivity contribution in [3.63, 3.8) is 0 Å². The highest BCUT2D eigenvalue weighted by Gasteiger charge is 2.29. The van der Waals surface area contributed by atoms with Crippen molar-refractivity contribution < 1.29 is 24.2 Å². The van der Waals surface area contributed by atoms with Gasteiger partial charge in [-0.25, -0.2) is 9.59 Å². The summed E-state index contributed by atoms with van der Waals surface area (Å²) in [6.07, 6.45) is -0.845. The van der Waals surface area contributed by atoms with Crippen LogP contribution >= 0.6 is 15.9 Å². The summed E-state index contributed by atoms with van der Waals surface area (Å²) < 4.78 is 5.32. The summed E-state index contributed by atoms with van der Waals surface area (Å²) in [7, 11) is 0. The topological polar surface area (TPSA) is 105 Å². The van der Waals surface area contributed by atoms with Crippen molar-refractivity contribution in [1.29, 1.82) is 0 Å². The van der Waals surface area contributed by atoms with Crippen molar-refractivity contribution in [1.82, 2.24) is 10.6 Å². The Balaban J connectivity index is 1.64. The molecule has 3 rings (SSSR count). The smallest absolute Gasteiger partial charge is 0.407 e. The molecule has 0 aromatic heterocycles. The van der Waals surface area contributed by atoms with Crippen LogP contribution in [0.1, 0.15) is 17.0 Å². The zero-order chi connectivity index (χ0) is 20.1. The molecule has 2 aromatic rings. The number of halogens is 1. The molecule has 3 N–H and O–H groups in total. The van der Waals surface area contributed by atoms with Crippen LogP contribution in [0.15, 0.2) is 48.5 Å². The van der Waals surface area contributed by atoms with Crippen LogP contribution in [0.4, 0.5) is 4.79 Å². The number of carbonyl (C=O) groups is 3. The van der Waals surface area contributed by atoms with E-state index in [1.807, 2.05) is 48.5 Å². The third kappa shape index (κ3) is 4.33. The van der Waals surface area contributed by atoms with Gasteiger partial charge in [-0.15, -0.1) is 0 Å². The number of rotatable bonds is 7. The lowest BCUT2D eigenvalue weighted by molar-refractivity contribution is -0.139. The lowest BCUT2D eigenvalue weighted by Crippen LogP contribution is -2.48. The van der Waals surface area contributed by atoms with Gasteiger partial charge in [-0.05, 0) is 22.3 Å². The van der Waals surface area contributed by atoms with E-state index in [2.05, 4.69) is 26.6 Å². The second-order valence-electron chi connectivity index (χ2n) is 6.30. The second-order valence-corrected chi connectivity index (χ2v) is 6.86. The Morgan fingerprint density at radius 2 is 1.61 bits per heavy atom. The number of ether oxygens (including phenoxy) is 1. The number of hydrogen-bond acceptors (Lipinski definition) is 4. The molecule has 0 saturated carbocycles. The monoisotopic (exact) mass is 446 g/mol. The normalized spacial score (nSPS) is 13.2. The summed E-state index contributed by atoms with van der Waals surface area (Å²) in [6, 6.07) is 14.6. The van der Waals surface area contributed by atoms with E-state index < -0.39 is 18.1 Å². The SMILES string of the molecule is O=C(CBr)NC[C@H](NC(=O)OCC1c2ccccc2-c2ccccc21)C(=O)O. The maximum atomic E-state index is 12.1. The zero-order valence-corrected chi connectivity index (χ0v) is 16.4. The van der Waals surface area contributed by atoms with Gasteiger partial charge in [0.25, 0.3) is 0 Å². The first-order valence-corrected chi connectivity index (χ1v) is 9.80. The molecular weight excluding hydrogens is 428 g/mol. The molecule has 0 heterocycles. The molecule has 0 radical (unpaired) electrons. The van der Waals surface area contributed by atoms with Crippen molar-refractivity contribution >= 4 is 33.9 Å². The Bertz CT molecular complexity index is 856. The molecule has 146 valence electrons. The van der Waals surface area contributed by atoms with E-state index in [1.54, 1.807) is 0 Å². The van der Waals surface area contributed by atoms with Crippen molar-refractivity contribution in [2.45, 2.75) is 12.0 Å². The predicted molar refractivity (Wildman–Crippen MR) is 106 cm³/mol. The molecule has 0 aliphatic heterocycles. The van der Waals surface area contributed by atoms with E-state index in [1.165, 1.54) is 0 Å². The van der Waals surface area contributed by atoms with Crippen LogP contribution in [0.25, 0.3) is 11.1 Å². The number of carboxylic acids is 1. The number of nitrogens with one attached hydrogen (secondary N) is 2. The molecule has 0 unspecified atom stereocenters. The zero-order valence-electron chi connectivity index (χ0n) is 14.9. The van der Waals surface area contributed by atoms with Crippen LogP contribution in [-0.4, -0.2) is 47.6 Å². The molecule has 8 heteroatoms. The average molecular weight is 447 g/mol. The number of benzene rings is 2. The highest BCUT2D eigenvalue weighted by Crippen LogP contribution is 2.44. The van der Waals surface area contributed by atoms with Crippen molar-refractivity contribution in [2.24, 2.45) is 0 Å². The van der Waals surface area contributed by atoms with E-state index >= 15 is 0 Å². The van der Waals surface area contributed by atoms with E-state index in [4.69, 9.17) is 4.74 Å². The number of amides is 2. The Morgan fingerprint density at radius 3 is 2.14 bits per heavy atom. The summed E-state index contributed by atoms with van der Waals surface area (Å²) in [6.45, 7) is -0.149. The first kappa shape index (κ1) is 19.9. The first-order chi connectivity index (χ1) is 13.5. The quantitative estimate of drug-likeness (QED) is 0.566. The Morgan fingerprint density at radius 1 is 1.04 bits per heavy atom. The molecule has 1 aliphatic carbocycles. The summed E-state index contributed by atoms with van der Waals surface area (Å²) in [4.78, 5) is 34.7. The summed E-state index contributed by atoms with van der Waals surface area (Å²) in [5, 5.41) is 13.9. The molecule has 2 amide bonds. The molecule has 1 aliphatic rings. The van der Waals surface area contributed by atoms with E-state index in [0.29, 0.717) is 0 Å². The number of carboxylic acid groups (broad SMARTS) is 1. The fraction of sp³-hybridized carbons (Fsp3) is 0.250. The number of hydrogen-bond donors (Lipinski definition) is 3. The molecule has 2 aromatic carbocycles. The minimum absolute atomic E-state index is 0.0459. The highest BCUT2D eigenvalue weighted by atomic mass is 79.9. The molecule has 1 atom stereocenters. The van der Waals surface area contributed by atoms with Crippen LogP contribution in [-0.2, 0) is 14.3 Å². The second kappa shape index (κ2) is 8.88. The maximum Gasteiger partial charge on any atom is 0.407 e. The lowest BCUT2D eigenvalue weighted by Gasteiger charge is -2.17. The Hall–Kier alpha value is -2.87. The molecule has 0 bridgehead atoms. The fourth-order valence-electron chi connectivity index (χ4n) is 3.25. The van der Waals surface area contributed by atoms with Gasteiger partial charge in [0, 0.05) is 12.5 Å². The van der Waals surface area contributed by atoms with Gasteiger partial charge in [-0.2, -0.15) is 0 Å². The van der Waals surface area contributed by atoms with Gasteiger partial charge < -0.3 is 20.5 Å². The van der Waals surface area contributed by atoms with Gasteiger partial charge in [0.2, 0.25) is 5.91 Å². The number of fused-ring (bicyclic) bond motifs is 3. The Labute approximate surface area is 170 Å². The van der Waals surface area contributed by atoms with Gasteiger partial charge in [-0.3, -0.25) is 4.79 Å². The minimum atomic E-state index is -1.28. The largest absolute Gasteiger partial charge is 0.480 e. The molecule has 28 heavy (non-hydrogen) atoms. The van der Waals surface area contributed by atoms with E-state index in [0.717, 1.165) is 22.3 Å². The van der Waals surface area contributed by atoms with Gasteiger partial charge in [0.05, 0.1) is 5.33 Å². The molecule has 7 nitrogen and oxygen atoms in total. The van der Waals surface area contributed by atoms with Gasteiger partial charge in [-0.1, -0.05) is 64.5 Å². The number of alkyl halides is 1. The van der Waals surface area contributed by atoms with Gasteiger partial charge in [0.15, 0.2) is 0 Å². The van der Waals surface area contributed by atoms with Crippen LogP contribution in [0, 0.1) is 0 Å². The average Bonchev–Trinajstić information content (AvgIpc) is 3.03. The minimum Gasteiger partial charge on any atom is -0.480 e. The van der Waals surface area contributed by atoms with Crippen molar-refractivity contribution in [3.8, 4) is 11.1 Å². The molecular formula is C20H19BrN2O5. The van der Waals surface area contributed by atoms with Crippen molar-refractivity contribution in [3.05, 3.63) is 59.7 Å². The standard InChI is InChI=1S/C20H19BrN2O5/c21-9-18(24)22-10-17(19(25)26)23-20(27)28-11-16-14-7-3-1-5-12(14)13-6-2-4-8-15(13)16/h1-8,16-17H,9-11H2,(H,22,24)(H,23,27)(H,25,26)/t17-/m0/s1. The fourth-order valence-corrected chi connectivity index (χ4v) is 3.44. The molecule has 0 saturated heterocycles. The lowest BCUT2D eigenvalue weighted by atomic mass is 9.98. The first-order valence-electron chi connectivity index (χ1n) is 8.68. The van der Waals surface area contributed by atoms with Crippen LogP contribution in [0.2, 0.25) is 0 Å². The summed E-state index contributed by atoms with van der Waals surface area (Å²) >= 11 is 2.97.